The van der Waals surface area contributed by atoms with Gasteiger partial charge in [0.25, 0.3) is 0 Å². The summed E-state index contributed by atoms with van der Waals surface area (Å²) in [5, 5.41) is 0. The second-order valence-electron chi connectivity index (χ2n) is 2.51. The van der Waals surface area contributed by atoms with E-state index in [2.05, 4.69) is 31.6 Å². The largest absolute Gasteiger partial charge is 0.290 e. The van der Waals surface area contributed by atoms with Crippen LogP contribution in [0.2, 0.25) is 0 Å². The Morgan fingerprint density at radius 1 is 1.18 bits per heavy atom. The molecule has 0 fully saturated rings. The molecule has 0 bridgehead atoms. The van der Waals surface area contributed by atoms with Crippen LogP contribution in [-0.2, 0) is 0 Å². The standard InChI is InChI=1S/C10H17N/c1-5-8-11(9-6-2)10(4)7-3/h5-7,10H,1-3,8-9H2,4H3. The predicted octanol–water partition coefficient (Wildman–Crippen LogP) is 2.23. The highest BCUT2D eigenvalue weighted by molar-refractivity contribution is 4.90. The van der Waals surface area contributed by atoms with E-state index in [0.29, 0.717) is 6.04 Å². The topological polar surface area (TPSA) is 3.24 Å². The van der Waals surface area contributed by atoms with Crippen molar-refractivity contribution in [1.29, 1.82) is 0 Å². The molecular weight excluding hydrogens is 134 g/mol. The molecule has 0 radical (unpaired) electrons. The molecule has 0 heterocycles. The third-order valence-corrected chi connectivity index (χ3v) is 1.64. The highest BCUT2D eigenvalue weighted by Gasteiger charge is 2.05. The van der Waals surface area contributed by atoms with E-state index in [0.717, 1.165) is 13.1 Å². The minimum atomic E-state index is 0.394. The minimum Gasteiger partial charge on any atom is -0.290 e. The Morgan fingerprint density at radius 3 is 1.91 bits per heavy atom. The molecule has 0 spiro atoms. The molecule has 1 unspecified atom stereocenters. The quantitative estimate of drug-likeness (QED) is 0.526. The van der Waals surface area contributed by atoms with E-state index in [-0.39, 0.29) is 0 Å². The Bertz CT molecular complexity index is 128. The number of hydrogen-bond acceptors (Lipinski definition) is 1. The molecule has 0 N–H and O–H groups in total. The van der Waals surface area contributed by atoms with Crippen LogP contribution in [-0.4, -0.2) is 24.0 Å². The summed E-state index contributed by atoms with van der Waals surface area (Å²) in [6.45, 7) is 15.0. The lowest BCUT2D eigenvalue weighted by atomic mass is 10.2. The number of hydrogen-bond donors (Lipinski definition) is 0. The third-order valence-electron chi connectivity index (χ3n) is 1.64. The van der Waals surface area contributed by atoms with Crippen LogP contribution in [0.3, 0.4) is 0 Å². The Labute approximate surface area is 69.7 Å². The summed E-state index contributed by atoms with van der Waals surface area (Å²) in [5.41, 5.74) is 0. The molecule has 1 heteroatoms. The van der Waals surface area contributed by atoms with Gasteiger partial charge in [0.15, 0.2) is 0 Å². The second kappa shape index (κ2) is 5.93. The summed E-state index contributed by atoms with van der Waals surface area (Å²) in [7, 11) is 0. The predicted molar refractivity (Wildman–Crippen MR) is 51.6 cm³/mol. The van der Waals surface area contributed by atoms with Crippen molar-refractivity contribution in [2.75, 3.05) is 13.1 Å². The molecule has 11 heavy (non-hydrogen) atoms. The van der Waals surface area contributed by atoms with E-state index in [1.54, 1.807) is 0 Å². The van der Waals surface area contributed by atoms with Gasteiger partial charge < -0.3 is 0 Å². The van der Waals surface area contributed by atoms with Crippen molar-refractivity contribution in [3.05, 3.63) is 38.0 Å². The van der Waals surface area contributed by atoms with Gasteiger partial charge in [-0.05, 0) is 6.92 Å². The molecule has 1 atom stereocenters. The molecule has 0 amide bonds. The fraction of sp³-hybridized carbons (Fsp3) is 0.400. The first kappa shape index (κ1) is 10.2. The molecular formula is C10H17N. The molecule has 0 aromatic rings. The van der Waals surface area contributed by atoms with Crippen molar-refractivity contribution < 1.29 is 0 Å². The summed E-state index contributed by atoms with van der Waals surface area (Å²) in [6.07, 6.45) is 5.71. The second-order valence-corrected chi connectivity index (χ2v) is 2.51. The van der Waals surface area contributed by atoms with E-state index in [1.807, 2.05) is 18.2 Å². The smallest absolute Gasteiger partial charge is 0.0253 e. The highest BCUT2D eigenvalue weighted by Crippen LogP contribution is 1.99. The van der Waals surface area contributed by atoms with E-state index >= 15 is 0 Å². The summed E-state index contributed by atoms with van der Waals surface area (Å²) in [6, 6.07) is 0.394. The molecule has 0 saturated carbocycles. The lowest BCUT2D eigenvalue weighted by Crippen LogP contribution is -2.31. The van der Waals surface area contributed by atoms with Crippen LogP contribution < -0.4 is 0 Å². The molecule has 1 nitrogen and oxygen atoms in total. The van der Waals surface area contributed by atoms with E-state index in [9.17, 15) is 0 Å². The monoisotopic (exact) mass is 151 g/mol. The van der Waals surface area contributed by atoms with Crippen LogP contribution >= 0.6 is 0 Å². The lowest BCUT2D eigenvalue weighted by Gasteiger charge is -2.23. The Hall–Kier alpha value is -0.820. The summed E-state index contributed by atoms with van der Waals surface area (Å²) in [4.78, 5) is 2.23. The van der Waals surface area contributed by atoms with Crippen molar-refractivity contribution in [2.45, 2.75) is 13.0 Å². The zero-order chi connectivity index (χ0) is 8.69. The number of nitrogens with zero attached hydrogens (tertiary/aromatic N) is 1. The van der Waals surface area contributed by atoms with Gasteiger partial charge in [0, 0.05) is 19.1 Å². The first-order chi connectivity index (χ1) is 5.26. The third kappa shape index (κ3) is 3.79. The van der Waals surface area contributed by atoms with Gasteiger partial charge in [-0.1, -0.05) is 18.2 Å². The summed E-state index contributed by atoms with van der Waals surface area (Å²) >= 11 is 0. The fourth-order valence-electron chi connectivity index (χ4n) is 0.888. The Kier molecular flexibility index (Phi) is 5.49. The van der Waals surface area contributed by atoms with Crippen molar-refractivity contribution >= 4 is 0 Å². The van der Waals surface area contributed by atoms with Gasteiger partial charge in [-0.2, -0.15) is 0 Å². The maximum atomic E-state index is 3.74. The summed E-state index contributed by atoms with van der Waals surface area (Å²) in [5.74, 6) is 0. The molecule has 0 rings (SSSR count). The van der Waals surface area contributed by atoms with Gasteiger partial charge >= 0.3 is 0 Å². The van der Waals surface area contributed by atoms with Crippen LogP contribution in [0.25, 0.3) is 0 Å². The lowest BCUT2D eigenvalue weighted by molar-refractivity contribution is 0.297. The maximum absolute atomic E-state index is 3.74. The fourth-order valence-corrected chi connectivity index (χ4v) is 0.888. The van der Waals surface area contributed by atoms with Crippen molar-refractivity contribution in [2.24, 2.45) is 0 Å². The van der Waals surface area contributed by atoms with Gasteiger partial charge in [-0.15, -0.1) is 19.7 Å². The first-order valence-electron chi connectivity index (χ1n) is 3.84. The molecule has 0 aliphatic rings. The molecule has 0 aliphatic carbocycles. The molecule has 62 valence electrons. The van der Waals surface area contributed by atoms with E-state index in [4.69, 9.17) is 0 Å². The van der Waals surface area contributed by atoms with E-state index < -0.39 is 0 Å². The average Bonchev–Trinajstić information content (AvgIpc) is 2.03. The SMILES string of the molecule is C=CCN(CC=C)C(C)C=C. The molecule has 0 aliphatic heterocycles. The Balaban J connectivity index is 3.94. The maximum Gasteiger partial charge on any atom is 0.0253 e. The highest BCUT2D eigenvalue weighted by atomic mass is 15.1. The van der Waals surface area contributed by atoms with Gasteiger partial charge in [0.1, 0.15) is 0 Å². The summed E-state index contributed by atoms with van der Waals surface area (Å²) < 4.78 is 0. The van der Waals surface area contributed by atoms with Gasteiger partial charge in [0.2, 0.25) is 0 Å². The van der Waals surface area contributed by atoms with Crippen molar-refractivity contribution in [3.63, 3.8) is 0 Å². The van der Waals surface area contributed by atoms with Crippen LogP contribution in [0, 0.1) is 0 Å². The normalized spacial score (nSPS) is 12.5. The zero-order valence-electron chi connectivity index (χ0n) is 7.29. The number of rotatable bonds is 6. The van der Waals surface area contributed by atoms with Crippen LogP contribution in [0.4, 0.5) is 0 Å². The van der Waals surface area contributed by atoms with Crippen LogP contribution in [0.5, 0.6) is 0 Å². The van der Waals surface area contributed by atoms with Gasteiger partial charge in [-0.3, -0.25) is 4.90 Å². The molecule has 0 aromatic heterocycles. The van der Waals surface area contributed by atoms with Crippen molar-refractivity contribution in [1.82, 2.24) is 4.90 Å². The average molecular weight is 151 g/mol. The van der Waals surface area contributed by atoms with Gasteiger partial charge in [0.05, 0.1) is 0 Å². The molecule has 0 saturated heterocycles. The minimum absolute atomic E-state index is 0.394. The van der Waals surface area contributed by atoms with Crippen LogP contribution in [0.15, 0.2) is 38.0 Å². The van der Waals surface area contributed by atoms with Crippen LogP contribution in [0.1, 0.15) is 6.92 Å². The van der Waals surface area contributed by atoms with Crippen molar-refractivity contribution in [3.8, 4) is 0 Å². The zero-order valence-corrected chi connectivity index (χ0v) is 7.29. The molecule has 0 aromatic carbocycles. The van der Waals surface area contributed by atoms with Gasteiger partial charge in [-0.25, -0.2) is 0 Å². The first-order valence-corrected chi connectivity index (χ1v) is 3.84. The van der Waals surface area contributed by atoms with E-state index in [1.165, 1.54) is 0 Å². The Morgan fingerprint density at radius 2 is 1.64 bits per heavy atom.